The van der Waals surface area contributed by atoms with Crippen molar-refractivity contribution in [3.63, 3.8) is 0 Å². The minimum absolute atomic E-state index is 0.360. The van der Waals surface area contributed by atoms with Gasteiger partial charge in [-0.3, -0.25) is 0 Å². The van der Waals surface area contributed by atoms with Crippen molar-refractivity contribution in [3.8, 4) is 0 Å². The quantitative estimate of drug-likeness (QED) is 0.850. The summed E-state index contributed by atoms with van der Waals surface area (Å²) in [6.07, 6.45) is 5.16. The van der Waals surface area contributed by atoms with Crippen LogP contribution in [-0.2, 0) is 6.42 Å². The molecule has 1 aliphatic rings. The molecule has 0 amide bonds. The molecule has 88 valence electrons. The number of furan rings is 1. The van der Waals surface area contributed by atoms with Gasteiger partial charge in [-0.15, -0.1) is 0 Å². The minimum Gasteiger partial charge on any atom is -0.469 e. The first-order valence-corrected chi connectivity index (χ1v) is 6.29. The SMILES string of the molecule is Clc1ccc(NC2CCCc3occc32)cc1. The maximum absolute atomic E-state index is 5.88. The Morgan fingerprint density at radius 2 is 2.00 bits per heavy atom. The molecule has 1 heterocycles. The van der Waals surface area contributed by atoms with Crippen LogP contribution in [0.1, 0.15) is 30.2 Å². The van der Waals surface area contributed by atoms with Crippen molar-refractivity contribution < 1.29 is 4.42 Å². The first kappa shape index (κ1) is 10.7. The summed E-state index contributed by atoms with van der Waals surface area (Å²) in [6, 6.07) is 10.3. The van der Waals surface area contributed by atoms with E-state index in [-0.39, 0.29) is 0 Å². The van der Waals surface area contributed by atoms with Gasteiger partial charge in [0.05, 0.1) is 12.3 Å². The van der Waals surface area contributed by atoms with Crippen LogP contribution in [0.15, 0.2) is 41.0 Å². The summed E-state index contributed by atoms with van der Waals surface area (Å²) in [5.74, 6) is 1.13. The van der Waals surface area contributed by atoms with Gasteiger partial charge in [0.2, 0.25) is 0 Å². The van der Waals surface area contributed by atoms with Crippen LogP contribution >= 0.6 is 11.6 Å². The molecule has 17 heavy (non-hydrogen) atoms. The number of rotatable bonds is 2. The van der Waals surface area contributed by atoms with Crippen molar-refractivity contribution in [2.24, 2.45) is 0 Å². The molecule has 0 saturated carbocycles. The summed E-state index contributed by atoms with van der Waals surface area (Å²) in [5.41, 5.74) is 2.40. The van der Waals surface area contributed by atoms with E-state index in [4.69, 9.17) is 16.0 Å². The Morgan fingerprint density at radius 1 is 1.18 bits per heavy atom. The molecule has 1 N–H and O–H groups in total. The van der Waals surface area contributed by atoms with Crippen molar-refractivity contribution in [1.29, 1.82) is 0 Å². The fourth-order valence-corrected chi connectivity index (χ4v) is 2.51. The fourth-order valence-electron chi connectivity index (χ4n) is 2.38. The van der Waals surface area contributed by atoms with E-state index in [0.717, 1.165) is 29.3 Å². The van der Waals surface area contributed by atoms with Gasteiger partial charge in [0.15, 0.2) is 0 Å². The van der Waals surface area contributed by atoms with E-state index in [1.807, 2.05) is 24.3 Å². The molecule has 0 spiro atoms. The van der Waals surface area contributed by atoms with E-state index in [0.29, 0.717) is 6.04 Å². The lowest BCUT2D eigenvalue weighted by atomic mass is 9.93. The Hall–Kier alpha value is -1.41. The van der Waals surface area contributed by atoms with E-state index in [2.05, 4.69) is 11.4 Å². The first-order chi connectivity index (χ1) is 8.33. The maximum atomic E-state index is 5.88. The monoisotopic (exact) mass is 247 g/mol. The van der Waals surface area contributed by atoms with Crippen LogP contribution in [0.2, 0.25) is 5.02 Å². The highest BCUT2D eigenvalue weighted by atomic mass is 35.5. The van der Waals surface area contributed by atoms with E-state index in [1.165, 1.54) is 12.0 Å². The Bertz CT molecular complexity index is 503. The lowest BCUT2D eigenvalue weighted by Crippen LogP contribution is -2.15. The Morgan fingerprint density at radius 3 is 2.82 bits per heavy atom. The summed E-state index contributed by atoms with van der Waals surface area (Å²) in [7, 11) is 0. The highest BCUT2D eigenvalue weighted by Crippen LogP contribution is 2.33. The smallest absolute Gasteiger partial charge is 0.109 e. The Balaban J connectivity index is 1.81. The minimum atomic E-state index is 0.360. The number of nitrogens with one attached hydrogen (secondary N) is 1. The number of aryl methyl sites for hydroxylation is 1. The van der Waals surface area contributed by atoms with Gasteiger partial charge >= 0.3 is 0 Å². The third-order valence-electron chi connectivity index (χ3n) is 3.24. The van der Waals surface area contributed by atoms with E-state index < -0.39 is 0 Å². The molecule has 0 aliphatic heterocycles. The van der Waals surface area contributed by atoms with Gasteiger partial charge in [0.1, 0.15) is 5.76 Å². The predicted octanol–water partition coefficient (Wildman–Crippen LogP) is 4.42. The summed E-state index contributed by atoms with van der Waals surface area (Å²) in [6.45, 7) is 0. The molecule has 1 aromatic heterocycles. The molecule has 1 unspecified atom stereocenters. The third kappa shape index (κ3) is 2.18. The topological polar surface area (TPSA) is 25.2 Å². The number of hydrogen-bond donors (Lipinski definition) is 1. The van der Waals surface area contributed by atoms with Crippen molar-refractivity contribution in [3.05, 3.63) is 52.9 Å². The molecular weight excluding hydrogens is 234 g/mol. The van der Waals surface area contributed by atoms with E-state index in [1.54, 1.807) is 6.26 Å². The van der Waals surface area contributed by atoms with Crippen molar-refractivity contribution >= 4 is 17.3 Å². The zero-order valence-electron chi connectivity index (χ0n) is 9.45. The molecule has 3 heteroatoms. The van der Waals surface area contributed by atoms with Gasteiger partial charge in [0, 0.05) is 22.7 Å². The molecule has 0 fully saturated rings. The molecule has 1 aliphatic carbocycles. The largest absolute Gasteiger partial charge is 0.469 e. The second-order valence-electron chi connectivity index (χ2n) is 4.40. The summed E-state index contributed by atoms with van der Waals surface area (Å²) in [4.78, 5) is 0. The molecular formula is C14H14ClNO. The van der Waals surface area contributed by atoms with Crippen LogP contribution in [0.4, 0.5) is 5.69 Å². The van der Waals surface area contributed by atoms with Crippen LogP contribution in [0.3, 0.4) is 0 Å². The van der Waals surface area contributed by atoms with Crippen molar-refractivity contribution in [2.75, 3.05) is 5.32 Å². The lowest BCUT2D eigenvalue weighted by molar-refractivity contribution is 0.461. The average molecular weight is 248 g/mol. The van der Waals surface area contributed by atoms with E-state index in [9.17, 15) is 0 Å². The van der Waals surface area contributed by atoms with Crippen LogP contribution < -0.4 is 5.32 Å². The molecule has 2 nitrogen and oxygen atoms in total. The van der Waals surface area contributed by atoms with Gasteiger partial charge in [0.25, 0.3) is 0 Å². The second-order valence-corrected chi connectivity index (χ2v) is 4.83. The number of halogens is 1. The van der Waals surface area contributed by atoms with Crippen LogP contribution in [-0.4, -0.2) is 0 Å². The van der Waals surface area contributed by atoms with Gasteiger partial charge in [-0.05, 0) is 43.2 Å². The van der Waals surface area contributed by atoms with Crippen molar-refractivity contribution in [1.82, 2.24) is 0 Å². The molecule has 3 rings (SSSR count). The summed E-state index contributed by atoms with van der Waals surface area (Å²) in [5, 5.41) is 4.30. The molecule has 1 atom stereocenters. The van der Waals surface area contributed by atoms with Gasteiger partial charge in [-0.25, -0.2) is 0 Å². The number of benzene rings is 1. The first-order valence-electron chi connectivity index (χ1n) is 5.91. The molecule has 0 bridgehead atoms. The van der Waals surface area contributed by atoms with Crippen molar-refractivity contribution in [2.45, 2.75) is 25.3 Å². The zero-order chi connectivity index (χ0) is 11.7. The maximum Gasteiger partial charge on any atom is 0.109 e. The summed E-state index contributed by atoms with van der Waals surface area (Å²) >= 11 is 5.88. The fraction of sp³-hybridized carbons (Fsp3) is 0.286. The predicted molar refractivity (Wildman–Crippen MR) is 69.5 cm³/mol. The average Bonchev–Trinajstić information content (AvgIpc) is 2.81. The van der Waals surface area contributed by atoms with E-state index >= 15 is 0 Å². The van der Waals surface area contributed by atoms with Gasteiger partial charge in [-0.2, -0.15) is 0 Å². The number of hydrogen-bond acceptors (Lipinski definition) is 2. The molecule has 1 aromatic carbocycles. The number of fused-ring (bicyclic) bond motifs is 1. The molecule has 2 aromatic rings. The van der Waals surface area contributed by atoms with Crippen LogP contribution in [0, 0.1) is 0 Å². The van der Waals surface area contributed by atoms with Gasteiger partial charge < -0.3 is 9.73 Å². The summed E-state index contributed by atoms with van der Waals surface area (Å²) < 4.78 is 5.48. The van der Waals surface area contributed by atoms with Crippen LogP contribution in [0.5, 0.6) is 0 Å². The molecule has 0 saturated heterocycles. The second kappa shape index (κ2) is 4.46. The van der Waals surface area contributed by atoms with Gasteiger partial charge in [-0.1, -0.05) is 11.6 Å². The number of anilines is 1. The Kier molecular flexibility index (Phi) is 2.81. The standard InChI is InChI=1S/C14H14ClNO/c15-10-4-6-11(7-5-10)16-13-2-1-3-14-12(13)8-9-17-14/h4-9,13,16H,1-3H2. The van der Waals surface area contributed by atoms with Crippen LogP contribution in [0.25, 0.3) is 0 Å². The molecule has 0 radical (unpaired) electrons. The lowest BCUT2D eigenvalue weighted by Gasteiger charge is -2.23. The Labute approximate surface area is 106 Å². The third-order valence-corrected chi connectivity index (χ3v) is 3.49. The zero-order valence-corrected chi connectivity index (χ0v) is 10.2. The highest BCUT2D eigenvalue weighted by Gasteiger charge is 2.22. The highest BCUT2D eigenvalue weighted by molar-refractivity contribution is 6.30. The normalized spacial score (nSPS) is 18.8.